The lowest BCUT2D eigenvalue weighted by Crippen LogP contribution is -2.36. The Labute approximate surface area is 102 Å². The number of carboxylic acids is 1. The predicted molar refractivity (Wildman–Crippen MR) is 64.2 cm³/mol. The summed E-state index contributed by atoms with van der Waals surface area (Å²) in [5.74, 6) is -0.987. The second kappa shape index (κ2) is 8.43. The summed E-state index contributed by atoms with van der Waals surface area (Å²) in [5.41, 5.74) is 0. The van der Waals surface area contributed by atoms with E-state index in [0.29, 0.717) is 12.8 Å². The molecule has 0 amide bonds. The highest BCUT2D eigenvalue weighted by Crippen LogP contribution is 2.07. The number of carbonyl (C=O) groups is 1. The van der Waals surface area contributed by atoms with Gasteiger partial charge in [0.2, 0.25) is 10.0 Å². The van der Waals surface area contributed by atoms with E-state index >= 15 is 0 Å². The fraction of sp³-hybridized carbons (Fsp3) is 0.900. The molecule has 0 spiro atoms. The molecule has 0 unspecified atom stereocenters. The molecule has 102 valence electrons. The van der Waals surface area contributed by atoms with E-state index in [4.69, 9.17) is 10.2 Å². The molecule has 0 aliphatic carbocycles. The molecule has 17 heavy (non-hydrogen) atoms. The minimum Gasteiger partial charge on any atom is -0.481 e. The molecule has 0 heterocycles. The Balaban J connectivity index is 4.47. The van der Waals surface area contributed by atoms with Crippen molar-refractivity contribution in [1.29, 1.82) is 0 Å². The number of aliphatic hydroxyl groups excluding tert-OH is 1. The minimum absolute atomic E-state index is 0.0264. The number of aliphatic hydroxyl groups is 1. The zero-order valence-electron chi connectivity index (χ0n) is 10.1. The van der Waals surface area contributed by atoms with E-state index in [1.54, 1.807) is 0 Å². The number of sulfonamides is 1. The molecule has 0 bridgehead atoms. The topological polar surface area (TPSA) is 94.9 Å². The van der Waals surface area contributed by atoms with Crippen LogP contribution in [0.4, 0.5) is 0 Å². The van der Waals surface area contributed by atoms with Crippen molar-refractivity contribution >= 4 is 16.0 Å². The second-order valence-electron chi connectivity index (χ2n) is 3.79. The van der Waals surface area contributed by atoms with Crippen LogP contribution in [-0.2, 0) is 14.8 Å². The van der Waals surface area contributed by atoms with Crippen molar-refractivity contribution in [1.82, 2.24) is 4.31 Å². The van der Waals surface area contributed by atoms with Crippen molar-refractivity contribution in [3.05, 3.63) is 0 Å². The summed E-state index contributed by atoms with van der Waals surface area (Å²) >= 11 is 0. The summed E-state index contributed by atoms with van der Waals surface area (Å²) in [7, 11) is -3.39. The summed E-state index contributed by atoms with van der Waals surface area (Å²) in [6.45, 7) is 1.94. The summed E-state index contributed by atoms with van der Waals surface area (Å²) in [5, 5.41) is 17.3. The third-order valence-electron chi connectivity index (χ3n) is 2.29. The van der Waals surface area contributed by atoms with Crippen LogP contribution in [0.15, 0.2) is 0 Å². The molecule has 0 aliphatic rings. The van der Waals surface area contributed by atoms with Gasteiger partial charge in [-0.15, -0.1) is 0 Å². The van der Waals surface area contributed by atoms with Gasteiger partial charge < -0.3 is 10.2 Å². The van der Waals surface area contributed by atoms with Crippen LogP contribution in [0.3, 0.4) is 0 Å². The molecule has 6 nitrogen and oxygen atoms in total. The maximum absolute atomic E-state index is 11.9. The first kappa shape index (κ1) is 16.3. The van der Waals surface area contributed by atoms with Gasteiger partial charge in [-0.3, -0.25) is 4.79 Å². The zero-order valence-corrected chi connectivity index (χ0v) is 10.9. The van der Waals surface area contributed by atoms with Crippen molar-refractivity contribution in [2.45, 2.75) is 32.6 Å². The molecule has 0 aromatic rings. The first-order valence-corrected chi connectivity index (χ1v) is 7.35. The van der Waals surface area contributed by atoms with Gasteiger partial charge in [0.1, 0.15) is 0 Å². The van der Waals surface area contributed by atoms with Crippen molar-refractivity contribution in [2.75, 3.05) is 25.4 Å². The molecular formula is C10H21NO5S. The summed E-state index contributed by atoms with van der Waals surface area (Å²) in [6, 6.07) is 0. The number of rotatable bonds is 10. The van der Waals surface area contributed by atoms with Gasteiger partial charge in [0.25, 0.3) is 0 Å². The Morgan fingerprint density at radius 2 is 1.88 bits per heavy atom. The average Bonchev–Trinajstić information content (AvgIpc) is 2.25. The molecule has 0 saturated heterocycles. The zero-order chi connectivity index (χ0) is 13.3. The van der Waals surface area contributed by atoms with Crippen LogP contribution >= 0.6 is 0 Å². The lowest BCUT2D eigenvalue weighted by molar-refractivity contribution is -0.137. The highest BCUT2D eigenvalue weighted by molar-refractivity contribution is 7.89. The third-order valence-corrected chi connectivity index (χ3v) is 4.25. The number of nitrogens with zero attached hydrogens (tertiary/aromatic N) is 1. The number of hydrogen-bond acceptors (Lipinski definition) is 4. The Bertz CT molecular complexity index is 315. The van der Waals surface area contributed by atoms with Crippen LogP contribution in [0.25, 0.3) is 0 Å². The third kappa shape index (κ3) is 7.30. The van der Waals surface area contributed by atoms with E-state index in [9.17, 15) is 13.2 Å². The Morgan fingerprint density at radius 1 is 1.24 bits per heavy atom. The SMILES string of the molecule is CCCCS(=O)(=O)N(CCCO)CCC(=O)O. The highest BCUT2D eigenvalue weighted by atomic mass is 32.2. The van der Waals surface area contributed by atoms with Gasteiger partial charge in [0, 0.05) is 19.7 Å². The van der Waals surface area contributed by atoms with Crippen LogP contribution in [0, 0.1) is 0 Å². The number of carboxylic acid groups (broad SMARTS) is 1. The second-order valence-corrected chi connectivity index (χ2v) is 5.88. The number of aliphatic carboxylic acids is 1. The Hall–Kier alpha value is -0.660. The summed E-state index contributed by atoms with van der Waals surface area (Å²) < 4.78 is 24.9. The number of unbranched alkanes of at least 4 members (excludes halogenated alkanes) is 1. The molecular weight excluding hydrogens is 246 g/mol. The van der Waals surface area contributed by atoms with Gasteiger partial charge >= 0.3 is 5.97 Å². The van der Waals surface area contributed by atoms with E-state index in [1.807, 2.05) is 6.92 Å². The molecule has 2 N–H and O–H groups in total. The van der Waals surface area contributed by atoms with Gasteiger partial charge in [0.05, 0.1) is 12.2 Å². The van der Waals surface area contributed by atoms with Crippen molar-refractivity contribution < 1.29 is 23.4 Å². The van der Waals surface area contributed by atoms with Crippen molar-refractivity contribution in [3.8, 4) is 0 Å². The first-order valence-electron chi connectivity index (χ1n) is 5.74. The Kier molecular flexibility index (Phi) is 8.11. The fourth-order valence-electron chi connectivity index (χ4n) is 1.31. The first-order chi connectivity index (χ1) is 7.94. The lowest BCUT2D eigenvalue weighted by atomic mass is 10.4. The maximum atomic E-state index is 11.9. The van der Waals surface area contributed by atoms with Crippen LogP contribution in [-0.4, -0.2) is 54.4 Å². The quantitative estimate of drug-likeness (QED) is 0.592. The molecule has 7 heteroatoms. The minimum atomic E-state index is -3.39. The van der Waals surface area contributed by atoms with E-state index in [1.165, 1.54) is 0 Å². The van der Waals surface area contributed by atoms with Gasteiger partial charge in [-0.25, -0.2) is 12.7 Å². The molecule has 0 saturated carbocycles. The molecule has 0 aliphatic heterocycles. The van der Waals surface area contributed by atoms with Crippen LogP contribution in [0.5, 0.6) is 0 Å². The Morgan fingerprint density at radius 3 is 2.35 bits per heavy atom. The van der Waals surface area contributed by atoms with Gasteiger partial charge in [-0.1, -0.05) is 13.3 Å². The normalized spacial score (nSPS) is 11.9. The van der Waals surface area contributed by atoms with E-state index < -0.39 is 16.0 Å². The molecule has 0 atom stereocenters. The number of hydrogen-bond donors (Lipinski definition) is 2. The largest absolute Gasteiger partial charge is 0.481 e. The average molecular weight is 267 g/mol. The van der Waals surface area contributed by atoms with Gasteiger partial charge in [0.15, 0.2) is 0 Å². The molecule has 0 rings (SSSR count). The molecule has 0 aromatic carbocycles. The smallest absolute Gasteiger partial charge is 0.304 e. The van der Waals surface area contributed by atoms with Crippen molar-refractivity contribution in [2.24, 2.45) is 0 Å². The van der Waals surface area contributed by atoms with Gasteiger partial charge in [-0.05, 0) is 12.8 Å². The van der Waals surface area contributed by atoms with E-state index in [-0.39, 0.29) is 31.9 Å². The van der Waals surface area contributed by atoms with Crippen molar-refractivity contribution in [3.63, 3.8) is 0 Å². The predicted octanol–water partition coefficient (Wildman–Crippen LogP) is 0.275. The van der Waals surface area contributed by atoms with Crippen LogP contribution in [0.2, 0.25) is 0 Å². The summed E-state index contributed by atoms with van der Waals surface area (Å²) in [6.07, 6.45) is 1.44. The fourth-order valence-corrected chi connectivity index (χ4v) is 3.00. The van der Waals surface area contributed by atoms with Crippen LogP contribution in [0.1, 0.15) is 32.6 Å². The monoisotopic (exact) mass is 267 g/mol. The standard InChI is InChI=1S/C10H21NO5S/c1-2-3-9-17(15,16)11(6-4-8-12)7-5-10(13)14/h12H,2-9H2,1H3,(H,13,14). The maximum Gasteiger partial charge on any atom is 0.304 e. The summed E-state index contributed by atoms with van der Waals surface area (Å²) in [4.78, 5) is 10.4. The lowest BCUT2D eigenvalue weighted by Gasteiger charge is -2.20. The van der Waals surface area contributed by atoms with Crippen LogP contribution < -0.4 is 0 Å². The highest BCUT2D eigenvalue weighted by Gasteiger charge is 2.21. The van der Waals surface area contributed by atoms with E-state index in [0.717, 1.165) is 10.7 Å². The molecule has 0 aromatic heterocycles. The van der Waals surface area contributed by atoms with E-state index in [2.05, 4.69) is 0 Å². The molecule has 0 fully saturated rings. The van der Waals surface area contributed by atoms with Gasteiger partial charge in [-0.2, -0.15) is 0 Å². The molecule has 0 radical (unpaired) electrons.